The summed E-state index contributed by atoms with van der Waals surface area (Å²) < 4.78 is 25.8. The van der Waals surface area contributed by atoms with E-state index in [0.29, 0.717) is 16.7 Å². The van der Waals surface area contributed by atoms with Gasteiger partial charge in [-0.2, -0.15) is 0 Å². The molecule has 0 radical (unpaired) electrons. The van der Waals surface area contributed by atoms with Crippen LogP contribution in [0.2, 0.25) is 10.0 Å². The fourth-order valence-corrected chi connectivity index (χ4v) is 5.26. The molecule has 0 aromatic heterocycles. The molecule has 1 saturated carbocycles. The number of ketones is 1. The van der Waals surface area contributed by atoms with Crippen LogP contribution in [0, 0.1) is 17.6 Å². The number of carbonyl (C=O) groups excluding carboxylic acids is 2. The number of hydrogen-bond acceptors (Lipinski definition) is 2. The van der Waals surface area contributed by atoms with E-state index in [1.165, 1.54) is 24.3 Å². The molecule has 1 aliphatic carbocycles. The van der Waals surface area contributed by atoms with E-state index >= 15 is 0 Å². The minimum Gasteiger partial charge on any atom is -0.326 e. The summed E-state index contributed by atoms with van der Waals surface area (Å²) in [6, 6.07) is 12.6. The zero-order valence-electron chi connectivity index (χ0n) is 17.9. The Labute approximate surface area is 220 Å². The maximum absolute atomic E-state index is 14.0. The van der Waals surface area contributed by atoms with Crippen LogP contribution in [0.1, 0.15) is 33.0 Å². The van der Waals surface area contributed by atoms with Gasteiger partial charge in [0, 0.05) is 34.7 Å². The van der Waals surface area contributed by atoms with E-state index in [0.717, 1.165) is 11.6 Å². The van der Waals surface area contributed by atoms with E-state index in [1.807, 2.05) is 0 Å². The zero-order chi connectivity index (χ0) is 25.5. The lowest BCUT2D eigenvalue weighted by atomic mass is 10.0. The standard InChI is InChI=1S/C26H17Cl4F2NO2/c1-2-13-3-4-15(9-20(13)28)23-24(26(23,29)30)25(35)33-17-7-8-19(27)18(12-17)22(34)10-14-5-6-16(31)11-21(14)32/h2-9,11-12,23-24H,1,10H2,(H,33,35). The Bertz CT molecular complexity index is 1360. The van der Waals surface area contributed by atoms with Crippen LogP contribution in [0.15, 0.2) is 61.2 Å². The van der Waals surface area contributed by atoms with Crippen molar-refractivity contribution in [3.8, 4) is 0 Å². The molecule has 9 heteroatoms. The molecule has 0 heterocycles. The first-order valence-corrected chi connectivity index (χ1v) is 11.9. The molecule has 3 aromatic carbocycles. The number of amides is 1. The Morgan fingerprint density at radius 2 is 1.74 bits per heavy atom. The van der Waals surface area contributed by atoms with E-state index < -0.39 is 39.5 Å². The SMILES string of the molecule is C=Cc1ccc(C2C(C(=O)Nc3ccc(Cl)c(C(=O)Cc4ccc(F)cc4F)c3)C2(Cl)Cl)cc1Cl. The number of alkyl halides is 2. The molecule has 1 N–H and O–H groups in total. The fourth-order valence-electron chi connectivity index (χ4n) is 3.94. The number of hydrogen-bond donors (Lipinski definition) is 1. The summed E-state index contributed by atoms with van der Waals surface area (Å²) in [5, 5.41) is 3.30. The van der Waals surface area contributed by atoms with E-state index in [9.17, 15) is 18.4 Å². The molecular formula is C26H17Cl4F2NO2. The predicted octanol–water partition coefficient (Wildman–Crippen LogP) is 7.87. The Kier molecular flexibility index (Phi) is 7.26. The Balaban J connectivity index is 1.51. The molecule has 35 heavy (non-hydrogen) atoms. The number of nitrogens with one attached hydrogen (secondary N) is 1. The molecule has 2 atom stereocenters. The van der Waals surface area contributed by atoms with Gasteiger partial charge >= 0.3 is 0 Å². The first-order valence-electron chi connectivity index (χ1n) is 10.4. The third-order valence-electron chi connectivity index (χ3n) is 5.84. The highest BCUT2D eigenvalue weighted by molar-refractivity contribution is 6.53. The van der Waals surface area contributed by atoms with E-state index in [2.05, 4.69) is 11.9 Å². The molecular weight excluding hydrogens is 538 g/mol. The summed E-state index contributed by atoms with van der Waals surface area (Å²) in [6.45, 7) is 3.69. The molecule has 3 nitrogen and oxygen atoms in total. The van der Waals surface area contributed by atoms with Crippen molar-refractivity contribution in [2.24, 2.45) is 5.92 Å². The first-order chi connectivity index (χ1) is 16.5. The van der Waals surface area contributed by atoms with Crippen LogP contribution in [-0.4, -0.2) is 16.0 Å². The molecule has 0 aliphatic heterocycles. The average molecular weight is 555 g/mol. The molecule has 3 aromatic rings. The molecule has 1 aliphatic rings. The summed E-state index contributed by atoms with van der Waals surface area (Å²) in [5.74, 6) is -3.78. The van der Waals surface area contributed by atoms with Crippen molar-refractivity contribution in [2.75, 3.05) is 5.32 Å². The Morgan fingerprint density at radius 1 is 1.00 bits per heavy atom. The third-order valence-corrected chi connectivity index (χ3v) is 7.44. The van der Waals surface area contributed by atoms with Crippen LogP contribution in [0.4, 0.5) is 14.5 Å². The largest absolute Gasteiger partial charge is 0.326 e. The van der Waals surface area contributed by atoms with Gasteiger partial charge < -0.3 is 5.32 Å². The highest BCUT2D eigenvalue weighted by atomic mass is 35.5. The zero-order valence-corrected chi connectivity index (χ0v) is 21.0. The molecule has 1 fully saturated rings. The van der Waals surface area contributed by atoms with Crippen LogP contribution in [0.5, 0.6) is 0 Å². The lowest BCUT2D eigenvalue weighted by Gasteiger charge is -2.10. The quantitative estimate of drug-likeness (QED) is 0.238. The van der Waals surface area contributed by atoms with Crippen LogP contribution in [0.3, 0.4) is 0 Å². The number of Topliss-reactive ketones (excluding diaryl/α,β-unsaturated/α-hetero) is 1. The molecule has 0 saturated heterocycles. The van der Waals surface area contributed by atoms with Crippen molar-refractivity contribution in [2.45, 2.75) is 16.7 Å². The molecule has 0 bridgehead atoms. The van der Waals surface area contributed by atoms with Gasteiger partial charge in [-0.05, 0) is 47.0 Å². The second kappa shape index (κ2) is 9.90. The topological polar surface area (TPSA) is 46.2 Å². The van der Waals surface area contributed by atoms with Gasteiger partial charge in [0.05, 0.1) is 10.9 Å². The third kappa shape index (κ3) is 5.24. The second-order valence-electron chi connectivity index (χ2n) is 8.13. The molecule has 1 amide bonds. The number of rotatable bonds is 7. The van der Waals surface area contributed by atoms with E-state index in [1.54, 1.807) is 24.3 Å². The minimum atomic E-state index is -1.34. The predicted molar refractivity (Wildman–Crippen MR) is 137 cm³/mol. The lowest BCUT2D eigenvalue weighted by molar-refractivity contribution is -0.117. The molecule has 180 valence electrons. The van der Waals surface area contributed by atoms with Crippen molar-refractivity contribution >= 4 is 69.9 Å². The van der Waals surface area contributed by atoms with Crippen LogP contribution in [-0.2, 0) is 11.2 Å². The van der Waals surface area contributed by atoms with Crippen LogP contribution < -0.4 is 5.32 Å². The van der Waals surface area contributed by atoms with Crippen molar-refractivity contribution in [3.05, 3.63) is 105 Å². The first kappa shape index (κ1) is 25.6. The smallest absolute Gasteiger partial charge is 0.231 e. The van der Waals surface area contributed by atoms with Gasteiger partial charge in [-0.3, -0.25) is 9.59 Å². The van der Waals surface area contributed by atoms with Crippen molar-refractivity contribution in [1.82, 2.24) is 0 Å². The van der Waals surface area contributed by atoms with Crippen molar-refractivity contribution < 1.29 is 18.4 Å². The Hall–Kier alpha value is -2.44. The normalized spacial score (nSPS) is 18.1. The summed E-state index contributed by atoms with van der Waals surface area (Å²) >= 11 is 25.3. The number of halogens is 6. The van der Waals surface area contributed by atoms with E-state index in [4.69, 9.17) is 46.4 Å². The highest BCUT2D eigenvalue weighted by Gasteiger charge is 2.67. The van der Waals surface area contributed by atoms with Crippen molar-refractivity contribution in [1.29, 1.82) is 0 Å². The van der Waals surface area contributed by atoms with Gasteiger partial charge in [0.2, 0.25) is 5.91 Å². The number of anilines is 1. The number of benzene rings is 3. The fraction of sp³-hybridized carbons (Fsp3) is 0.154. The van der Waals surface area contributed by atoms with Gasteiger partial charge in [-0.25, -0.2) is 8.78 Å². The lowest BCUT2D eigenvalue weighted by Crippen LogP contribution is -2.17. The maximum atomic E-state index is 14.0. The summed E-state index contributed by atoms with van der Waals surface area (Å²) in [5.41, 5.74) is 1.84. The van der Waals surface area contributed by atoms with Crippen molar-refractivity contribution in [3.63, 3.8) is 0 Å². The maximum Gasteiger partial charge on any atom is 0.231 e. The summed E-state index contributed by atoms with van der Waals surface area (Å²) in [4.78, 5) is 25.7. The summed E-state index contributed by atoms with van der Waals surface area (Å²) in [7, 11) is 0. The average Bonchev–Trinajstić information content (AvgIpc) is 3.38. The molecule has 0 spiro atoms. The van der Waals surface area contributed by atoms with Crippen LogP contribution >= 0.6 is 46.4 Å². The van der Waals surface area contributed by atoms with Gasteiger partial charge in [-0.1, -0.05) is 54.1 Å². The monoisotopic (exact) mass is 553 g/mol. The number of carbonyl (C=O) groups is 2. The second-order valence-corrected chi connectivity index (χ2v) is 10.4. The van der Waals surface area contributed by atoms with Crippen LogP contribution in [0.25, 0.3) is 6.08 Å². The van der Waals surface area contributed by atoms with Gasteiger partial charge in [-0.15, -0.1) is 23.2 Å². The molecule has 4 rings (SSSR count). The Morgan fingerprint density at radius 3 is 2.40 bits per heavy atom. The van der Waals surface area contributed by atoms with Gasteiger partial charge in [0.1, 0.15) is 16.0 Å². The highest BCUT2D eigenvalue weighted by Crippen LogP contribution is 2.65. The minimum absolute atomic E-state index is 0.0259. The van der Waals surface area contributed by atoms with Gasteiger partial charge in [0.25, 0.3) is 0 Å². The van der Waals surface area contributed by atoms with Gasteiger partial charge in [0.15, 0.2) is 5.78 Å². The molecule has 2 unspecified atom stereocenters. The summed E-state index contributed by atoms with van der Waals surface area (Å²) in [6.07, 6.45) is 1.28. The van der Waals surface area contributed by atoms with E-state index in [-0.39, 0.29) is 28.3 Å².